The number of rotatable bonds is 2. The van der Waals surface area contributed by atoms with Crippen molar-refractivity contribution in [1.82, 2.24) is 14.9 Å². The van der Waals surface area contributed by atoms with Crippen LogP contribution in [-0.2, 0) is 15.0 Å². The number of benzene rings is 1. The molecule has 7 heteroatoms. The van der Waals surface area contributed by atoms with Gasteiger partial charge in [-0.1, -0.05) is 12.1 Å². The summed E-state index contributed by atoms with van der Waals surface area (Å²) in [7, 11) is 0. The van der Waals surface area contributed by atoms with Crippen molar-refractivity contribution in [3.63, 3.8) is 0 Å². The summed E-state index contributed by atoms with van der Waals surface area (Å²) in [6.45, 7) is 3.76. The van der Waals surface area contributed by atoms with Gasteiger partial charge in [-0.2, -0.15) is 0 Å². The van der Waals surface area contributed by atoms with Crippen molar-refractivity contribution in [3.05, 3.63) is 54.4 Å². The Morgan fingerprint density at radius 1 is 1.03 bits per heavy atom. The molecule has 0 aliphatic carbocycles. The van der Waals surface area contributed by atoms with Gasteiger partial charge in [0.05, 0.1) is 5.69 Å². The summed E-state index contributed by atoms with van der Waals surface area (Å²) in [5, 5.41) is 16.0. The molecule has 2 unspecified atom stereocenters. The number of H-pyrrole nitrogens is 1. The van der Waals surface area contributed by atoms with E-state index in [1.165, 1.54) is 60.9 Å². The molecule has 2 fully saturated rings. The Hall–Kier alpha value is -3.19. The highest BCUT2D eigenvalue weighted by atomic mass is 16.4. The molecule has 0 spiro atoms. The molecule has 2 atom stereocenters. The minimum Gasteiger partial charge on any atom is -0.473 e. The first-order chi connectivity index (χ1) is 14.0. The average Bonchev–Trinajstić information content (AvgIpc) is 3.32. The number of nitrogens with zero attached hydrogens (tertiary/aromatic N) is 2. The number of pyridine rings is 1. The molecule has 0 amide bonds. The van der Waals surface area contributed by atoms with Crippen LogP contribution < -0.4 is 0 Å². The second-order valence-corrected chi connectivity index (χ2v) is 7.73. The third-order valence-corrected chi connectivity index (χ3v) is 5.97. The van der Waals surface area contributed by atoms with Crippen molar-refractivity contribution >= 4 is 22.8 Å². The normalized spacial score (nSPS) is 22.7. The van der Waals surface area contributed by atoms with E-state index in [9.17, 15) is 0 Å². The van der Waals surface area contributed by atoms with Gasteiger partial charge in [0.1, 0.15) is 0 Å². The first-order valence-electron chi connectivity index (χ1n) is 9.69. The van der Waals surface area contributed by atoms with E-state index in [1.807, 2.05) is 6.20 Å². The fourth-order valence-corrected chi connectivity index (χ4v) is 4.47. The van der Waals surface area contributed by atoms with Crippen LogP contribution >= 0.6 is 0 Å². The number of aromatic amines is 1. The number of hydrogen-bond acceptors (Lipinski definition) is 4. The smallest absolute Gasteiger partial charge is 0.414 e. The molecule has 150 valence electrons. The van der Waals surface area contributed by atoms with E-state index < -0.39 is 11.9 Å². The lowest BCUT2D eigenvalue weighted by Crippen LogP contribution is -2.36. The van der Waals surface area contributed by atoms with Gasteiger partial charge in [0.25, 0.3) is 0 Å². The van der Waals surface area contributed by atoms with Crippen molar-refractivity contribution in [2.45, 2.75) is 24.7 Å². The Labute approximate surface area is 168 Å². The molecule has 3 N–H and O–H groups in total. The van der Waals surface area contributed by atoms with Crippen LogP contribution in [0.1, 0.15) is 24.8 Å². The highest BCUT2D eigenvalue weighted by Crippen LogP contribution is 2.42. The minimum atomic E-state index is -1.82. The number of aliphatic carboxylic acids is 2. The summed E-state index contributed by atoms with van der Waals surface area (Å²) >= 11 is 0. The van der Waals surface area contributed by atoms with Crippen LogP contribution in [0.5, 0.6) is 0 Å². The number of carbonyl (C=O) groups is 2. The van der Waals surface area contributed by atoms with Crippen LogP contribution in [0.4, 0.5) is 0 Å². The third-order valence-electron chi connectivity index (χ3n) is 5.97. The molecule has 2 bridgehead atoms. The zero-order valence-electron chi connectivity index (χ0n) is 16.0. The summed E-state index contributed by atoms with van der Waals surface area (Å²) in [5.74, 6) is -3.65. The first kappa shape index (κ1) is 19.1. The third kappa shape index (κ3) is 3.86. The number of aromatic nitrogens is 2. The molecule has 2 saturated heterocycles. The highest BCUT2D eigenvalue weighted by molar-refractivity contribution is 6.27. The molecule has 5 rings (SSSR count). The van der Waals surface area contributed by atoms with Crippen LogP contribution in [0, 0.1) is 0 Å². The standard InChI is InChI=1S/C20H21N3.C2H2O4/c1-7-20(8-11-23(10-1)14-20)17-3-5-19(22-13-17)15-2-4-18-16(12-15)6-9-21-18;3-1(4)2(5)6/h2-6,9,12-13,21H,1,7-8,10-11,14H2;(H,3,4)(H,5,6). The fourth-order valence-electron chi connectivity index (χ4n) is 4.47. The largest absolute Gasteiger partial charge is 0.473 e. The van der Waals surface area contributed by atoms with Gasteiger partial charge >= 0.3 is 11.9 Å². The van der Waals surface area contributed by atoms with Gasteiger partial charge in [0.2, 0.25) is 0 Å². The predicted octanol–water partition coefficient (Wildman–Crippen LogP) is 3.12. The van der Waals surface area contributed by atoms with Crippen LogP contribution in [0.3, 0.4) is 0 Å². The summed E-state index contributed by atoms with van der Waals surface area (Å²) < 4.78 is 0. The molecule has 7 nitrogen and oxygen atoms in total. The quantitative estimate of drug-likeness (QED) is 0.578. The van der Waals surface area contributed by atoms with Gasteiger partial charge < -0.3 is 20.1 Å². The summed E-state index contributed by atoms with van der Waals surface area (Å²) in [4.78, 5) is 28.8. The van der Waals surface area contributed by atoms with Crippen LogP contribution in [0.2, 0.25) is 0 Å². The maximum Gasteiger partial charge on any atom is 0.414 e. The molecule has 29 heavy (non-hydrogen) atoms. The van der Waals surface area contributed by atoms with Crippen molar-refractivity contribution < 1.29 is 19.8 Å². The molecule has 2 aliphatic heterocycles. The Morgan fingerprint density at radius 2 is 1.86 bits per heavy atom. The predicted molar refractivity (Wildman–Crippen MR) is 109 cm³/mol. The maximum atomic E-state index is 9.10. The van der Waals surface area contributed by atoms with E-state index in [0.29, 0.717) is 5.41 Å². The lowest BCUT2D eigenvalue weighted by molar-refractivity contribution is -0.159. The number of fused-ring (bicyclic) bond motifs is 3. The average molecular weight is 393 g/mol. The van der Waals surface area contributed by atoms with Gasteiger partial charge in [0, 0.05) is 40.8 Å². The number of piperidine rings is 1. The monoisotopic (exact) mass is 393 g/mol. The van der Waals surface area contributed by atoms with Crippen LogP contribution in [0.15, 0.2) is 48.8 Å². The van der Waals surface area contributed by atoms with Gasteiger partial charge in [-0.25, -0.2) is 9.59 Å². The van der Waals surface area contributed by atoms with Crippen LogP contribution in [-0.4, -0.2) is 56.7 Å². The zero-order chi connectivity index (χ0) is 20.4. The molecule has 0 radical (unpaired) electrons. The molecule has 4 heterocycles. The van der Waals surface area contributed by atoms with Crippen molar-refractivity contribution in [2.75, 3.05) is 19.6 Å². The SMILES string of the molecule is O=C(O)C(=O)O.c1cc2cc(-c3ccc(C45CCCN(CC4)C5)cn3)ccc2[nH]1. The minimum absolute atomic E-state index is 0.369. The van der Waals surface area contributed by atoms with Crippen molar-refractivity contribution in [2.24, 2.45) is 0 Å². The maximum absolute atomic E-state index is 9.10. The Balaban J connectivity index is 0.000000302. The van der Waals surface area contributed by atoms with E-state index in [4.69, 9.17) is 24.8 Å². The molecule has 3 aromatic rings. The summed E-state index contributed by atoms with van der Waals surface area (Å²) in [5.41, 5.74) is 5.24. The zero-order valence-corrected chi connectivity index (χ0v) is 16.0. The lowest BCUT2D eigenvalue weighted by atomic mass is 9.75. The van der Waals surface area contributed by atoms with E-state index in [0.717, 1.165) is 5.69 Å². The molecule has 1 aromatic carbocycles. The van der Waals surface area contributed by atoms with Gasteiger partial charge in [-0.3, -0.25) is 4.98 Å². The van der Waals surface area contributed by atoms with Crippen molar-refractivity contribution in [1.29, 1.82) is 0 Å². The van der Waals surface area contributed by atoms with E-state index in [1.54, 1.807) is 0 Å². The Bertz CT molecular complexity index is 1030. The number of nitrogens with one attached hydrogen (secondary N) is 1. The molecule has 0 saturated carbocycles. The Kier molecular flexibility index (Phi) is 5.07. The number of carboxylic acid groups (broad SMARTS) is 2. The Morgan fingerprint density at radius 3 is 2.59 bits per heavy atom. The van der Waals surface area contributed by atoms with Gasteiger partial charge in [-0.15, -0.1) is 0 Å². The topological polar surface area (TPSA) is 107 Å². The molecular weight excluding hydrogens is 370 g/mol. The van der Waals surface area contributed by atoms with Crippen molar-refractivity contribution in [3.8, 4) is 11.3 Å². The fraction of sp³-hybridized carbons (Fsp3) is 0.318. The van der Waals surface area contributed by atoms with E-state index in [2.05, 4.69) is 52.5 Å². The summed E-state index contributed by atoms with van der Waals surface area (Å²) in [6.07, 6.45) is 8.06. The van der Waals surface area contributed by atoms with Gasteiger partial charge in [-0.05, 0) is 62.2 Å². The van der Waals surface area contributed by atoms with E-state index in [-0.39, 0.29) is 0 Å². The molecule has 2 aliphatic rings. The molecule has 2 aromatic heterocycles. The van der Waals surface area contributed by atoms with E-state index >= 15 is 0 Å². The highest BCUT2D eigenvalue weighted by Gasteiger charge is 2.42. The van der Waals surface area contributed by atoms with Gasteiger partial charge in [0.15, 0.2) is 0 Å². The second kappa shape index (κ2) is 7.67. The molecular formula is C22H23N3O4. The first-order valence-corrected chi connectivity index (χ1v) is 9.69. The summed E-state index contributed by atoms with van der Waals surface area (Å²) in [6, 6.07) is 13.1. The lowest BCUT2D eigenvalue weighted by Gasteiger charge is -2.34. The number of hydrogen-bond donors (Lipinski definition) is 3. The van der Waals surface area contributed by atoms with Crippen LogP contribution in [0.25, 0.3) is 22.2 Å². The number of carboxylic acids is 2. The second-order valence-electron chi connectivity index (χ2n) is 7.73.